The maximum absolute atomic E-state index is 14.0. The van der Waals surface area contributed by atoms with Gasteiger partial charge >= 0.3 is 6.09 Å². The summed E-state index contributed by atoms with van der Waals surface area (Å²) in [6, 6.07) is 9.67. The van der Waals surface area contributed by atoms with Crippen molar-refractivity contribution >= 4 is 40.1 Å². The molecule has 2 fully saturated rings. The zero-order valence-electron chi connectivity index (χ0n) is 26.5. The molecule has 4 heterocycles. The molecule has 6 rings (SSSR count). The quantitative estimate of drug-likeness (QED) is 0.273. The van der Waals surface area contributed by atoms with Crippen LogP contribution >= 0.6 is 0 Å². The Bertz CT molecular complexity index is 1760. The van der Waals surface area contributed by atoms with E-state index in [1.807, 2.05) is 56.3 Å². The molecule has 1 N–H and O–H groups in total. The number of methoxy groups -OCH3 is 1. The van der Waals surface area contributed by atoms with Gasteiger partial charge in [-0.05, 0) is 95.7 Å². The molecular formula is C34H42N6O4. The number of carbonyl (C=O) groups is 2. The summed E-state index contributed by atoms with van der Waals surface area (Å²) in [5, 5.41) is 4.00. The number of nitrogens with zero attached hydrogens (tertiary/aromatic N) is 5. The molecule has 1 aliphatic heterocycles. The molecule has 1 aromatic carbocycles. The molecule has 2 aliphatic rings. The standard InChI is InChI=1S/C34H42N6O4/c1-8-24-14-12-22-16-27(40(30(22)35-24)18-21-10-11-21)31-37-26-15-23(17-28(43-7)29(26)38(31)6)32(41)39-19-25(13-9-20(39)2)36-33(42)44-34(3,4)5/h8,12,14-17,20-21,25H,1,9-11,13,18-19H2,2-7H3,(H,36,42)/t20-,25+/m0/s1. The Morgan fingerprint density at radius 3 is 2.57 bits per heavy atom. The molecule has 0 unspecified atom stereocenters. The molecule has 0 spiro atoms. The van der Waals surface area contributed by atoms with Gasteiger partial charge in [-0.15, -0.1) is 0 Å². The average Bonchev–Trinajstić information content (AvgIpc) is 3.65. The molecule has 0 bridgehead atoms. The Hall–Kier alpha value is -4.34. The lowest BCUT2D eigenvalue weighted by Crippen LogP contribution is -2.53. The fourth-order valence-corrected chi connectivity index (χ4v) is 6.15. The topological polar surface area (TPSA) is 104 Å². The van der Waals surface area contributed by atoms with Crippen LogP contribution in [0.2, 0.25) is 0 Å². The zero-order chi connectivity index (χ0) is 31.3. The predicted molar refractivity (Wildman–Crippen MR) is 172 cm³/mol. The summed E-state index contributed by atoms with van der Waals surface area (Å²) in [7, 11) is 3.60. The number of aryl methyl sites for hydroxylation is 1. The predicted octanol–water partition coefficient (Wildman–Crippen LogP) is 6.17. The lowest BCUT2D eigenvalue weighted by atomic mass is 9.98. The fourth-order valence-electron chi connectivity index (χ4n) is 6.15. The third-order valence-corrected chi connectivity index (χ3v) is 8.61. The summed E-state index contributed by atoms with van der Waals surface area (Å²) in [5.41, 5.74) is 4.15. The van der Waals surface area contributed by atoms with Crippen LogP contribution in [0.1, 0.15) is 69.4 Å². The Kier molecular flexibility index (Phi) is 7.63. The van der Waals surface area contributed by atoms with Crippen molar-refractivity contribution in [2.45, 2.75) is 77.6 Å². The van der Waals surface area contributed by atoms with Gasteiger partial charge in [0.2, 0.25) is 0 Å². The van der Waals surface area contributed by atoms with Gasteiger partial charge < -0.3 is 28.8 Å². The first-order chi connectivity index (χ1) is 21.0. The van der Waals surface area contributed by atoms with Gasteiger partial charge in [-0.25, -0.2) is 14.8 Å². The molecule has 232 valence electrons. The number of ether oxygens (including phenoxy) is 2. The number of imidazole rings is 1. The second kappa shape index (κ2) is 11.3. The summed E-state index contributed by atoms with van der Waals surface area (Å²) >= 11 is 0. The smallest absolute Gasteiger partial charge is 0.407 e. The van der Waals surface area contributed by atoms with E-state index < -0.39 is 11.7 Å². The average molecular weight is 599 g/mol. The third kappa shape index (κ3) is 5.77. The molecule has 3 aromatic heterocycles. The number of hydrogen-bond donors (Lipinski definition) is 1. The van der Waals surface area contributed by atoms with E-state index >= 15 is 0 Å². The monoisotopic (exact) mass is 598 g/mol. The number of hydrogen-bond acceptors (Lipinski definition) is 6. The molecule has 0 radical (unpaired) electrons. The number of pyridine rings is 1. The number of alkyl carbamates (subject to hydrolysis) is 1. The van der Waals surface area contributed by atoms with Crippen LogP contribution in [-0.4, -0.2) is 67.3 Å². The molecule has 1 saturated carbocycles. The molecule has 10 heteroatoms. The van der Waals surface area contributed by atoms with Gasteiger partial charge in [0, 0.05) is 43.2 Å². The van der Waals surface area contributed by atoms with Crippen molar-refractivity contribution < 1.29 is 19.1 Å². The van der Waals surface area contributed by atoms with Gasteiger partial charge in [-0.2, -0.15) is 0 Å². The minimum absolute atomic E-state index is 0.0197. The van der Waals surface area contributed by atoms with E-state index in [4.69, 9.17) is 19.4 Å². The van der Waals surface area contributed by atoms with Crippen LogP contribution < -0.4 is 10.1 Å². The van der Waals surface area contributed by atoms with Crippen LogP contribution in [0.25, 0.3) is 39.7 Å². The van der Waals surface area contributed by atoms with Gasteiger partial charge in [0.15, 0.2) is 5.82 Å². The number of benzene rings is 1. The number of nitrogens with one attached hydrogen (secondary N) is 1. The minimum atomic E-state index is -0.591. The van der Waals surface area contributed by atoms with Crippen molar-refractivity contribution in [3.8, 4) is 17.3 Å². The highest BCUT2D eigenvalue weighted by atomic mass is 16.6. The van der Waals surface area contributed by atoms with E-state index in [-0.39, 0.29) is 18.0 Å². The summed E-state index contributed by atoms with van der Waals surface area (Å²) in [5.74, 6) is 1.88. The van der Waals surface area contributed by atoms with Gasteiger partial charge in [-0.3, -0.25) is 4.79 Å². The highest BCUT2D eigenvalue weighted by Gasteiger charge is 2.33. The molecule has 44 heavy (non-hydrogen) atoms. The summed E-state index contributed by atoms with van der Waals surface area (Å²) in [6.07, 6.45) is 5.27. The van der Waals surface area contributed by atoms with Gasteiger partial charge in [-0.1, -0.05) is 6.58 Å². The normalized spacial score (nSPS) is 18.9. The lowest BCUT2D eigenvalue weighted by molar-refractivity contribution is 0.0412. The first-order valence-corrected chi connectivity index (χ1v) is 15.4. The van der Waals surface area contributed by atoms with Crippen LogP contribution in [-0.2, 0) is 18.3 Å². The SMILES string of the molecule is C=Cc1ccc2cc(-c3nc4cc(C(=O)N5C[C@H](NC(=O)OC(C)(C)C)CC[C@@H]5C)cc(OC)c4n3C)n(CC3CC3)c2n1. The van der Waals surface area contributed by atoms with Crippen molar-refractivity contribution in [1.82, 2.24) is 29.3 Å². The van der Waals surface area contributed by atoms with Gasteiger partial charge in [0.1, 0.15) is 22.5 Å². The molecule has 2 atom stereocenters. The summed E-state index contributed by atoms with van der Waals surface area (Å²) < 4.78 is 15.6. The van der Waals surface area contributed by atoms with Crippen molar-refractivity contribution in [2.24, 2.45) is 13.0 Å². The lowest BCUT2D eigenvalue weighted by Gasteiger charge is -2.38. The van der Waals surface area contributed by atoms with Crippen LogP contribution in [0.3, 0.4) is 0 Å². The number of aromatic nitrogens is 4. The number of rotatable bonds is 7. The largest absolute Gasteiger partial charge is 0.494 e. The second-order valence-electron chi connectivity index (χ2n) is 13.2. The Labute approximate surface area is 258 Å². The van der Waals surface area contributed by atoms with E-state index in [1.165, 1.54) is 12.8 Å². The Balaban J connectivity index is 1.35. The van der Waals surface area contributed by atoms with E-state index in [0.29, 0.717) is 29.3 Å². The molecule has 10 nitrogen and oxygen atoms in total. The van der Waals surface area contributed by atoms with Gasteiger partial charge in [0.25, 0.3) is 5.91 Å². The molecule has 2 amide bonds. The van der Waals surface area contributed by atoms with E-state index in [0.717, 1.165) is 53.1 Å². The van der Waals surface area contributed by atoms with Crippen molar-refractivity contribution in [3.05, 3.63) is 48.2 Å². The first-order valence-electron chi connectivity index (χ1n) is 15.4. The molecule has 4 aromatic rings. The van der Waals surface area contributed by atoms with Crippen molar-refractivity contribution in [1.29, 1.82) is 0 Å². The van der Waals surface area contributed by atoms with Crippen LogP contribution in [0.4, 0.5) is 4.79 Å². The Morgan fingerprint density at radius 1 is 1.11 bits per heavy atom. The highest BCUT2D eigenvalue weighted by Crippen LogP contribution is 2.38. The molecule has 1 aliphatic carbocycles. The number of carbonyl (C=O) groups excluding carboxylic acids is 2. The van der Waals surface area contributed by atoms with Crippen LogP contribution in [0, 0.1) is 5.92 Å². The number of amides is 2. The van der Waals surface area contributed by atoms with E-state index in [9.17, 15) is 9.59 Å². The number of piperidine rings is 1. The maximum atomic E-state index is 14.0. The zero-order valence-corrected chi connectivity index (χ0v) is 26.5. The maximum Gasteiger partial charge on any atom is 0.407 e. The minimum Gasteiger partial charge on any atom is -0.494 e. The van der Waals surface area contributed by atoms with E-state index in [1.54, 1.807) is 19.3 Å². The highest BCUT2D eigenvalue weighted by molar-refractivity contribution is 6.00. The van der Waals surface area contributed by atoms with Crippen LogP contribution in [0.5, 0.6) is 5.75 Å². The first kappa shape index (κ1) is 29.7. The van der Waals surface area contributed by atoms with E-state index in [2.05, 4.69) is 28.6 Å². The second-order valence-corrected chi connectivity index (χ2v) is 13.2. The fraction of sp³-hybridized carbons (Fsp3) is 0.471. The third-order valence-electron chi connectivity index (χ3n) is 8.61. The van der Waals surface area contributed by atoms with Crippen LogP contribution in [0.15, 0.2) is 36.9 Å². The molecular weight excluding hydrogens is 556 g/mol. The van der Waals surface area contributed by atoms with Crippen molar-refractivity contribution in [3.63, 3.8) is 0 Å². The van der Waals surface area contributed by atoms with Gasteiger partial charge in [0.05, 0.1) is 24.0 Å². The van der Waals surface area contributed by atoms with Crippen molar-refractivity contribution in [2.75, 3.05) is 13.7 Å². The molecule has 1 saturated heterocycles. The Morgan fingerprint density at radius 2 is 1.89 bits per heavy atom. The number of fused-ring (bicyclic) bond motifs is 2. The summed E-state index contributed by atoms with van der Waals surface area (Å²) in [4.78, 5) is 38.2. The number of likely N-dealkylation sites (tertiary alicyclic amines) is 1. The summed E-state index contributed by atoms with van der Waals surface area (Å²) in [6.45, 7) is 12.7.